The third kappa shape index (κ3) is 3.33. The fraction of sp³-hybridized carbons (Fsp3) is 0.500. The first-order valence-corrected chi connectivity index (χ1v) is 6.63. The van der Waals surface area contributed by atoms with Gasteiger partial charge < -0.3 is 9.64 Å². The molecule has 1 fully saturated rings. The molecule has 1 aliphatic rings. The molecule has 1 aromatic rings. The van der Waals surface area contributed by atoms with Gasteiger partial charge in [0.2, 0.25) is 5.91 Å². The average molecular weight is 278 g/mol. The second-order valence-corrected chi connectivity index (χ2v) is 4.94. The number of benzene rings is 1. The van der Waals surface area contributed by atoms with Crippen molar-refractivity contribution < 1.29 is 14.5 Å². The fourth-order valence-corrected chi connectivity index (χ4v) is 2.54. The Balaban J connectivity index is 1.98. The first-order valence-electron chi connectivity index (χ1n) is 6.63. The number of carbonyl (C=O) groups is 1. The van der Waals surface area contributed by atoms with E-state index in [2.05, 4.69) is 0 Å². The summed E-state index contributed by atoms with van der Waals surface area (Å²) < 4.78 is 5.13. The summed E-state index contributed by atoms with van der Waals surface area (Å²) in [4.78, 5) is 24.2. The smallest absolute Gasteiger partial charge is 0.269 e. The predicted molar refractivity (Wildman–Crippen MR) is 73.4 cm³/mol. The summed E-state index contributed by atoms with van der Waals surface area (Å²) in [6.07, 6.45) is 2.25. The molecular weight excluding hydrogens is 260 g/mol. The summed E-state index contributed by atoms with van der Waals surface area (Å²) in [5.41, 5.74) is 0.836. The standard InChI is InChI=1S/C14H18N2O4/c1-20-10-13-3-2-8-15(13)14(17)9-11-4-6-12(7-5-11)16(18)19/h4-7,13H,2-3,8-10H2,1H3/t13-/m1/s1. The Kier molecular flexibility index (Phi) is 4.68. The Morgan fingerprint density at radius 3 is 2.75 bits per heavy atom. The number of non-ortho nitro benzene ring substituents is 1. The maximum atomic E-state index is 12.3. The van der Waals surface area contributed by atoms with Gasteiger partial charge in [0, 0.05) is 25.8 Å². The molecule has 2 rings (SSSR count). The lowest BCUT2D eigenvalue weighted by Gasteiger charge is -2.24. The Bertz CT molecular complexity index is 486. The molecule has 0 aromatic heterocycles. The largest absolute Gasteiger partial charge is 0.383 e. The summed E-state index contributed by atoms with van der Waals surface area (Å²) in [5, 5.41) is 10.6. The van der Waals surface area contributed by atoms with E-state index < -0.39 is 4.92 Å². The first kappa shape index (κ1) is 14.5. The van der Waals surface area contributed by atoms with Gasteiger partial charge in [-0.1, -0.05) is 12.1 Å². The summed E-state index contributed by atoms with van der Waals surface area (Å²) >= 11 is 0. The normalized spacial score (nSPS) is 18.2. The summed E-state index contributed by atoms with van der Waals surface area (Å²) in [7, 11) is 1.64. The molecule has 1 saturated heterocycles. The van der Waals surface area contributed by atoms with Crippen molar-refractivity contribution in [1.29, 1.82) is 0 Å². The van der Waals surface area contributed by atoms with Gasteiger partial charge in [-0.05, 0) is 18.4 Å². The number of nitrogens with zero attached hydrogens (tertiary/aromatic N) is 2. The van der Waals surface area contributed by atoms with E-state index in [9.17, 15) is 14.9 Å². The third-order valence-electron chi connectivity index (χ3n) is 3.56. The molecule has 20 heavy (non-hydrogen) atoms. The summed E-state index contributed by atoms with van der Waals surface area (Å²) in [6.45, 7) is 1.33. The van der Waals surface area contributed by atoms with Crippen LogP contribution in [0.4, 0.5) is 5.69 Å². The van der Waals surface area contributed by atoms with Crippen LogP contribution in [0.2, 0.25) is 0 Å². The lowest BCUT2D eigenvalue weighted by atomic mass is 10.1. The van der Waals surface area contributed by atoms with Gasteiger partial charge in [-0.25, -0.2) is 0 Å². The molecule has 6 heteroatoms. The number of carbonyl (C=O) groups excluding carboxylic acids is 1. The topological polar surface area (TPSA) is 72.7 Å². The molecular formula is C14H18N2O4. The number of methoxy groups -OCH3 is 1. The number of amides is 1. The number of likely N-dealkylation sites (tertiary alicyclic amines) is 1. The zero-order valence-corrected chi connectivity index (χ0v) is 11.4. The van der Waals surface area contributed by atoms with Gasteiger partial charge in [0.1, 0.15) is 0 Å². The first-order chi connectivity index (χ1) is 9.61. The highest BCUT2D eigenvalue weighted by atomic mass is 16.6. The zero-order valence-electron chi connectivity index (χ0n) is 11.4. The molecule has 1 aromatic carbocycles. The van der Waals surface area contributed by atoms with Crippen LogP contribution in [0.15, 0.2) is 24.3 Å². The Hall–Kier alpha value is -1.95. The van der Waals surface area contributed by atoms with Crippen LogP contribution in [0.5, 0.6) is 0 Å². The highest BCUT2D eigenvalue weighted by Gasteiger charge is 2.28. The Labute approximate surface area is 117 Å². The van der Waals surface area contributed by atoms with Gasteiger partial charge in [0.25, 0.3) is 5.69 Å². The van der Waals surface area contributed by atoms with Crippen molar-refractivity contribution in [3.05, 3.63) is 39.9 Å². The van der Waals surface area contributed by atoms with Gasteiger partial charge in [-0.2, -0.15) is 0 Å². The molecule has 108 valence electrons. The zero-order chi connectivity index (χ0) is 14.5. The second-order valence-electron chi connectivity index (χ2n) is 4.94. The van der Waals surface area contributed by atoms with Crippen LogP contribution in [0.3, 0.4) is 0 Å². The van der Waals surface area contributed by atoms with E-state index in [0.717, 1.165) is 24.9 Å². The molecule has 1 atom stereocenters. The number of hydrogen-bond acceptors (Lipinski definition) is 4. The average Bonchev–Trinajstić information content (AvgIpc) is 2.88. The van der Waals surface area contributed by atoms with Crippen molar-refractivity contribution in [3.8, 4) is 0 Å². The Morgan fingerprint density at radius 2 is 2.15 bits per heavy atom. The van der Waals surface area contributed by atoms with Crippen molar-refractivity contribution in [2.75, 3.05) is 20.3 Å². The van der Waals surface area contributed by atoms with E-state index in [1.54, 1.807) is 19.2 Å². The maximum absolute atomic E-state index is 12.3. The number of hydrogen-bond donors (Lipinski definition) is 0. The van der Waals surface area contributed by atoms with Gasteiger partial charge in [-0.15, -0.1) is 0 Å². The SMILES string of the molecule is COC[C@H]1CCCN1C(=O)Cc1ccc([N+](=O)[O-])cc1. The fourth-order valence-electron chi connectivity index (χ4n) is 2.54. The Morgan fingerprint density at radius 1 is 1.45 bits per heavy atom. The minimum absolute atomic E-state index is 0.0413. The molecule has 1 heterocycles. The van der Waals surface area contributed by atoms with Crippen molar-refractivity contribution >= 4 is 11.6 Å². The van der Waals surface area contributed by atoms with Crippen LogP contribution in [0.1, 0.15) is 18.4 Å². The van der Waals surface area contributed by atoms with Crippen LogP contribution < -0.4 is 0 Å². The van der Waals surface area contributed by atoms with Crippen LogP contribution >= 0.6 is 0 Å². The lowest BCUT2D eigenvalue weighted by molar-refractivity contribution is -0.384. The molecule has 0 unspecified atom stereocenters. The molecule has 0 radical (unpaired) electrons. The minimum Gasteiger partial charge on any atom is -0.383 e. The van der Waals surface area contributed by atoms with Crippen molar-refractivity contribution in [2.24, 2.45) is 0 Å². The molecule has 0 N–H and O–H groups in total. The monoisotopic (exact) mass is 278 g/mol. The van der Waals surface area contributed by atoms with E-state index in [1.807, 2.05) is 4.90 Å². The third-order valence-corrected chi connectivity index (χ3v) is 3.56. The van der Waals surface area contributed by atoms with E-state index in [0.29, 0.717) is 6.61 Å². The predicted octanol–water partition coefficient (Wildman–Crippen LogP) is 1.77. The van der Waals surface area contributed by atoms with Crippen LogP contribution in [-0.4, -0.2) is 42.0 Å². The molecule has 0 bridgehead atoms. The highest BCUT2D eigenvalue weighted by molar-refractivity contribution is 5.79. The van der Waals surface area contributed by atoms with Gasteiger partial charge in [0.15, 0.2) is 0 Å². The maximum Gasteiger partial charge on any atom is 0.269 e. The number of nitro benzene ring substituents is 1. The molecule has 1 amide bonds. The van der Waals surface area contributed by atoms with Crippen molar-refractivity contribution in [1.82, 2.24) is 4.90 Å². The summed E-state index contributed by atoms with van der Waals surface area (Å²) in [6, 6.07) is 6.29. The molecule has 0 aliphatic carbocycles. The van der Waals surface area contributed by atoms with Gasteiger partial charge in [-0.3, -0.25) is 14.9 Å². The number of rotatable bonds is 5. The van der Waals surface area contributed by atoms with Gasteiger partial charge in [0.05, 0.1) is 24.0 Å². The van der Waals surface area contributed by atoms with E-state index in [4.69, 9.17) is 4.74 Å². The van der Waals surface area contributed by atoms with Crippen LogP contribution in [0, 0.1) is 10.1 Å². The quantitative estimate of drug-likeness (QED) is 0.608. The van der Waals surface area contributed by atoms with Crippen LogP contribution in [0.25, 0.3) is 0 Å². The number of ether oxygens (including phenoxy) is 1. The molecule has 6 nitrogen and oxygen atoms in total. The number of nitro groups is 1. The van der Waals surface area contributed by atoms with E-state index in [1.165, 1.54) is 12.1 Å². The second kappa shape index (κ2) is 6.47. The molecule has 0 saturated carbocycles. The molecule has 1 aliphatic heterocycles. The minimum atomic E-state index is -0.444. The highest BCUT2D eigenvalue weighted by Crippen LogP contribution is 2.19. The lowest BCUT2D eigenvalue weighted by Crippen LogP contribution is -2.38. The van der Waals surface area contributed by atoms with Crippen molar-refractivity contribution in [3.63, 3.8) is 0 Å². The van der Waals surface area contributed by atoms with E-state index in [-0.39, 0.29) is 24.1 Å². The van der Waals surface area contributed by atoms with Crippen LogP contribution in [-0.2, 0) is 16.0 Å². The summed E-state index contributed by atoms with van der Waals surface area (Å²) in [5.74, 6) is 0.0541. The molecule has 0 spiro atoms. The van der Waals surface area contributed by atoms with Crippen molar-refractivity contribution in [2.45, 2.75) is 25.3 Å². The van der Waals surface area contributed by atoms with E-state index >= 15 is 0 Å². The van der Waals surface area contributed by atoms with Gasteiger partial charge >= 0.3 is 0 Å².